The van der Waals surface area contributed by atoms with E-state index in [-0.39, 0.29) is 18.0 Å². The lowest BCUT2D eigenvalue weighted by atomic mass is 9.98. The Kier molecular flexibility index (Phi) is 3.03. The van der Waals surface area contributed by atoms with Gasteiger partial charge in [0.15, 0.2) is 0 Å². The monoisotopic (exact) mass is 210 g/mol. The van der Waals surface area contributed by atoms with E-state index in [1.165, 1.54) is 6.07 Å². The predicted octanol–water partition coefficient (Wildman–Crippen LogP) is 2.35. The number of halogens is 1. The van der Waals surface area contributed by atoms with E-state index < -0.39 is 0 Å². The maximum absolute atomic E-state index is 13.1. The van der Waals surface area contributed by atoms with Crippen molar-refractivity contribution in [2.24, 2.45) is 0 Å². The molecule has 2 atom stereocenters. The first-order valence-electron chi connectivity index (χ1n) is 5.22. The van der Waals surface area contributed by atoms with Crippen LogP contribution in [0.15, 0.2) is 18.2 Å². The fourth-order valence-electron chi connectivity index (χ4n) is 1.88. The van der Waals surface area contributed by atoms with Gasteiger partial charge in [0.25, 0.3) is 0 Å². The first-order chi connectivity index (χ1) is 7.16. The first kappa shape index (κ1) is 10.6. The van der Waals surface area contributed by atoms with Gasteiger partial charge < -0.3 is 9.84 Å². The molecule has 1 N–H and O–H groups in total. The zero-order valence-corrected chi connectivity index (χ0v) is 8.74. The Labute approximate surface area is 88.7 Å². The van der Waals surface area contributed by atoms with Crippen molar-refractivity contribution in [3.05, 3.63) is 35.1 Å². The molecule has 1 aliphatic heterocycles. The van der Waals surface area contributed by atoms with Crippen LogP contribution in [-0.2, 0) is 4.74 Å². The molecule has 0 amide bonds. The van der Waals surface area contributed by atoms with Crippen LogP contribution in [0.25, 0.3) is 0 Å². The van der Waals surface area contributed by atoms with Crippen molar-refractivity contribution in [3.8, 4) is 0 Å². The van der Waals surface area contributed by atoms with E-state index >= 15 is 0 Å². The van der Waals surface area contributed by atoms with E-state index in [2.05, 4.69) is 0 Å². The molecule has 0 bridgehead atoms. The Morgan fingerprint density at radius 3 is 2.93 bits per heavy atom. The van der Waals surface area contributed by atoms with Crippen molar-refractivity contribution < 1.29 is 14.2 Å². The van der Waals surface area contributed by atoms with Crippen molar-refractivity contribution in [3.63, 3.8) is 0 Å². The van der Waals surface area contributed by atoms with Crippen molar-refractivity contribution in [2.45, 2.75) is 32.0 Å². The Morgan fingerprint density at radius 1 is 1.47 bits per heavy atom. The smallest absolute Gasteiger partial charge is 0.126 e. The Balaban J connectivity index is 2.18. The lowest BCUT2D eigenvalue weighted by molar-refractivity contribution is -0.0448. The molecule has 0 aliphatic carbocycles. The molecule has 1 heterocycles. The van der Waals surface area contributed by atoms with Gasteiger partial charge in [-0.1, -0.05) is 12.1 Å². The summed E-state index contributed by atoms with van der Waals surface area (Å²) in [7, 11) is 0. The Hall–Kier alpha value is -0.930. The summed E-state index contributed by atoms with van der Waals surface area (Å²) < 4.78 is 18.6. The number of benzene rings is 1. The van der Waals surface area contributed by atoms with Crippen LogP contribution >= 0.6 is 0 Å². The quantitative estimate of drug-likeness (QED) is 0.771. The van der Waals surface area contributed by atoms with E-state index in [1.54, 1.807) is 19.1 Å². The standard InChI is InChI=1S/C12H15FO2/c1-8-6-9(2-3-11(8)13)12-7-10(14)4-5-15-12/h2-3,6,10,12,14H,4-5,7H2,1H3. The topological polar surface area (TPSA) is 29.5 Å². The minimum Gasteiger partial charge on any atom is -0.393 e. The van der Waals surface area contributed by atoms with Gasteiger partial charge in [0, 0.05) is 13.0 Å². The minimum absolute atomic E-state index is 0.0898. The third-order valence-electron chi connectivity index (χ3n) is 2.81. The summed E-state index contributed by atoms with van der Waals surface area (Å²) in [4.78, 5) is 0. The van der Waals surface area contributed by atoms with Crippen LogP contribution in [0.2, 0.25) is 0 Å². The molecule has 15 heavy (non-hydrogen) atoms. The molecule has 1 fully saturated rings. The molecule has 2 nitrogen and oxygen atoms in total. The Morgan fingerprint density at radius 2 is 2.27 bits per heavy atom. The number of aryl methyl sites for hydroxylation is 1. The number of hydrogen-bond donors (Lipinski definition) is 1. The van der Waals surface area contributed by atoms with E-state index in [4.69, 9.17) is 4.74 Å². The second-order valence-electron chi connectivity index (χ2n) is 4.05. The summed E-state index contributed by atoms with van der Waals surface area (Å²) in [6.07, 6.45) is 0.907. The largest absolute Gasteiger partial charge is 0.393 e. The zero-order valence-electron chi connectivity index (χ0n) is 8.74. The maximum atomic E-state index is 13.1. The minimum atomic E-state index is -0.297. The lowest BCUT2D eigenvalue weighted by Gasteiger charge is -2.27. The molecule has 82 valence electrons. The van der Waals surface area contributed by atoms with Crippen LogP contribution in [-0.4, -0.2) is 17.8 Å². The van der Waals surface area contributed by atoms with Gasteiger partial charge >= 0.3 is 0 Å². The van der Waals surface area contributed by atoms with Gasteiger partial charge in [-0.3, -0.25) is 0 Å². The highest BCUT2D eigenvalue weighted by atomic mass is 19.1. The molecule has 2 rings (SSSR count). The van der Waals surface area contributed by atoms with Gasteiger partial charge in [-0.15, -0.1) is 0 Å². The molecule has 0 spiro atoms. The molecular formula is C12H15FO2. The normalized spacial score (nSPS) is 26.6. The molecule has 0 radical (unpaired) electrons. The fraction of sp³-hybridized carbons (Fsp3) is 0.500. The average molecular weight is 210 g/mol. The average Bonchev–Trinajstić information content (AvgIpc) is 2.22. The molecule has 3 heteroatoms. The van der Waals surface area contributed by atoms with Gasteiger partial charge in [-0.2, -0.15) is 0 Å². The van der Waals surface area contributed by atoms with Gasteiger partial charge in [0.05, 0.1) is 12.2 Å². The summed E-state index contributed by atoms with van der Waals surface area (Å²) in [6, 6.07) is 4.97. The summed E-state index contributed by atoms with van der Waals surface area (Å²) in [5, 5.41) is 9.51. The van der Waals surface area contributed by atoms with E-state index in [0.29, 0.717) is 25.0 Å². The van der Waals surface area contributed by atoms with Gasteiger partial charge in [0.2, 0.25) is 0 Å². The van der Waals surface area contributed by atoms with Gasteiger partial charge in [0.1, 0.15) is 5.82 Å². The lowest BCUT2D eigenvalue weighted by Crippen LogP contribution is -2.23. The molecule has 1 saturated heterocycles. The predicted molar refractivity (Wildman–Crippen MR) is 55.1 cm³/mol. The van der Waals surface area contributed by atoms with E-state index in [0.717, 1.165) is 5.56 Å². The van der Waals surface area contributed by atoms with Crippen LogP contribution in [0.3, 0.4) is 0 Å². The maximum Gasteiger partial charge on any atom is 0.126 e. The van der Waals surface area contributed by atoms with Crippen molar-refractivity contribution >= 4 is 0 Å². The van der Waals surface area contributed by atoms with E-state index in [9.17, 15) is 9.50 Å². The van der Waals surface area contributed by atoms with Gasteiger partial charge in [-0.05, 0) is 30.5 Å². The number of aliphatic hydroxyl groups is 1. The second-order valence-corrected chi connectivity index (χ2v) is 4.05. The van der Waals surface area contributed by atoms with Gasteiger partial charge in [-0.25, -0.2) is 4.39 Å². The third kappa shape index (κ3) is 2.36. The van der Waals surface area contributed by atoms with Crippen LogP contribution in [0, 0.1) is 12.7 Å². The first-order valence-corrected chi connectivity index (χ1v) is 5.22. The van der Waals surface area contributed by atoms with Crippen LogP contribution in [0.1, 0.15) is 30.1 Å². The highest BCUT2D eigenvalue weighted by molar-refractivity contribution is 5.26. The fourth-order valence-corrected chi connectivity index (χ4v) is 1.88. The van der Waals surface area contributed by atoms with Crippen molar-refractivity contribution in [1.82, 2.24) is 0 Å². The van der Waals surface area contributed by atoms with Crippen LogP contribution in [0.5, 0.6) is 0 Å². The summed E-state index contributed by atoms with van der Waals surface area (Å²) in [5.74, 6) is -0.199. The SMILES string of the molecule is Cc1cc(C2CC(O)CCO2)ccc1F. The van der Waals surface area contributed by atoms with Crippen LogP contribution in [0.4, 0.5) is 4.39 Å². The Bertz CT molecular complexity index is 351. The number of hydrogen-bond acceptors (Lipinski definition) is 2. The third-order valence-corrected chi connectivity index (χ3v) is 2.81. The molecule has 0 saturated carbocycles. The molecular weight excluding hydrogens is 195 g/mol. The second kappa shape index (κ2) is 4.29. The number of ether oxygens (including phenoxy) is 1. The van der Waals surface area contributed by atoms with Crippen LogP contribution < -0.4 is 0 Å². The molecule has 0 aromatic heterocycles. The summed E-state index contributed by atoms with van der Waals surface area (Å²) in [5.41, 5.74) is 1.57. The summed E-state index contributed by atoms with van der Waals surface area (Å²) in [6.45, 7) is 2.31. The molecule has 2 unspecified atom stereocenters. The molecule has 1 aliphatic rings. The summed E-state index contributed by atoms with van der Waals surface area (Å²) >= 11 is 0. The van der Waals surface area contributed by atoms with Crippen molar-refractivity contribution in [2.75, 3.05) is 6.61 Å². The highest BCUT2D eigenvalue weighted by Gasteiger charge is 2.22. The molecule has 1 aromatic rings. The van der Waals surface area contributed by atoms with E-state index in [1.807, 2.05) is 0 Å². The number of aliphatic hydroxyl groups excluding tert-OH is 1. The highest BCUT2D eigenvalue weighted by Crippen LogP contribution is 2.28. The number of rotatable bonds is 1. The zero-order chi connectivity index (χ0) is 10.8. The van der Waals surface area contributed by atoms with Crippen molar-refractivity contribution in [1.29, 1.82) is 0 Å². The molecule has 1 aromatic carbocycles.